The molecule has 2 aliphatic rings. The minimum atomic E-state index is -0.237. The molecule has 3 rings (SSSR count). The van der Waals surface area contributed by atoms with E-state index in [2.05, 4.69) is 10.3 Å². The first-order valence-electron chi connectivity index (χ1n) is 7.61. The van der Waals surface area contributed by atoms with Gasteiger partial charge in [0.05, 0.1) is 11.0 Å². The van der Waals surface area contributed by atoms with Crippen molar-refractivity contribution in [3.05, 3.63) is 29.6 Å². The highest BCUT2D eigenvalue weighted by Crippen LogP contribution is 2.38. The number of aromatic nitrogens is 1. The van der Waals surface area contributed by atoms with Crippen molar-refractivity contribution in [2.45, 2.75) is 32.6 Å². The first-order chi connectivity index (χ1) is 10.1. The predicted octanol–water partition coefficient (Wildman–Crippen LogP) is 1.52. The van der Waals surface area contributed by atoms with Gasteiger partial charge in [0.2, 0.25) is 5.91 Å². The smallest absolute Gasteiger partial charge is 0.255 e. The molecule has 5 heteroatoms. The molecule has 112 valence electrons. The highest BCUT2D eigenvalue weighted by molar-refractivity contribution is 5.95. The molecule has 0 unspecified atom stereocenters. The number of amides is 2. The largest absolute Gasteiger partial charge is 0.356 e. The van der Waals surface area contributed by atoms with Crippen LogP contribution in [0.2, 0.25) is 0 Å². The molecule has 2 aliphatic heterocycles. The van der Waals surface area contributed by atoms with E-state index in [1.807, 2.05) is 17.9 Å². The quantitative estimate of drug-likeness (QED) is 0.852. The van der Waals surface area contributed by atoms with E-state index < -0.39 is 0 Å². The Kier molecular flexibility index (Phi) is 3.66. The number of hydrogen-bond acceptors (Lipinski definition) is 3. The molecule has 0 saturated carbocycles. The van der Waals surface area contributed by atoms with Crippen LogP contribution in [-0.4, -0.2) is 41.3 Å². The van der Waals surface area contributed by atoms with Crippen LogP contribution in [0.15, 0.2) is 18.5 Å². The van der Waals surface area contributed by atoms with E-state index in [0.717, 1.165) is 44.3 Å². The molecule has 5 nitrogen and oxygen atoms in total. The molecule has 1 aromatic rings. The van der Waals surface area contributed by atoms with Crippen LogP contribution in [0.25, 0.3) is 0 Å². The zero-order valence-electron chi connectivity index (χ0n) is 12.4. The second kappa shape index (κ2) is 5.47. The topological polar surface area (TPSA) is 62.3 Å². The molecule has 2 amide bonds. The average Bonchev–Trinajstić information content (AvgIpc) is 2.71. The van der Waals surface area contributed by atoms with Gasteiger partial charge in [-0.15, -0.1) is 0 Å². The molecule has 0 aliphatic carbocycles. The third kappa shape index (κ3) is 2.52. The van der Waals surface area contributed by atoms with Gasteiger partial charge in [0.1, 0.15) is 0 Å². The van der Waals surface area contributed by atoms with Crippen molar-refractivity contribution < 1.29 is 9.59 Å². The first-order valence-corrected chi connectivity index (χ1v) is 7.61. The van der Waals surface area contributed by atoms with E-state index in [-0.39, 0.29) is 17.2 Å². The zero-order valence-corrected chi connectivity index (χ0v) is 12.4. The Bertz CT molecular complexity index is 572. The minimum Gasteiger partial charge on any atom is -0.356 e. The third-order valence-electron chi connectivity index (χ3n) is 4.87. The summed E-state index contributed by atoms with van der Waals surface area (Å²) in [5, 5.41) is 2.94. The Labute approximate surface area is 124 Å². The van der Waals surface area contributed by atoms with Crippen LogP contribution in [-0.2, 0) is 4.79 Å². The first kappa shape index (κ1) is 14.0. The Morgan fingerprint density at radius 3 is 2.90 bits per heavy atom. The van der Waals surface area contributed by atoms with E-state index in [1.165, 1.54) is 0 Å². The summed E-state index contributed by atoms with van der Waals surface area (Å²) in [6.07, 6.45) is 6.78. The second-order valence-electron chi connectivity index (χ2n) is 6.12. The van der Waals surface area contributed by atoms with Crippen molar-refractivity contribution in [2.24, 2.45) is 5.41 Å². The number of nitrogens with zero attached hydrogens (tertiary/aromatic N) is 2. The Morgan fingerprint density at radius 2 is 2.19 bits per heavy atom. The number of pyridine rings is 1. The minimum absolute atomic E-state index is 0.0380. The molecule has 3 heterocycles. The normalized spacial score (nSPS) is 25.8. The lowest BCUT2D eigenvalue weighted by molar-refractivity contribution is -0.128. The number of carbonyl (C=O) groups excluding carboxylic acids is 2. The predicted molar refractivity (Wildman–Crippen MR) is 78.8 cm³/mol. The molecule has 1 spiro atoms. The van der Waals surface area contributed by atoms with E-state index in [9.17, 15) is 9.59 Å². The number of hydrogen-bond donors (Lipinski definition) is 1. The molecular formula is C16H21N3O2. The summed E-state index contributed by atoms with van der Waals surface area (Å²) >= 11 is 0. The molecule has 0 bridgehead atoms. The number of nitrogens with one attached hydrogen (secondary N) is 1. The third-order valence-corrected chi connectivity index (χ3v) is 4.87. The van der Waals surface area contributed by atoms with Gasteiger partial charge in [-0.1, -0.05) is 0 Å². The van der Waals surface area contributed by atoms with Crippen molar-refractivity contribution in [2.75, 3.05) is 19.6 Å². The lowest BCUT2D eigenvalue weighted by atomic mass is 9.79. The Hall–Kier alpha value is -1.91. The average molecular weight is 287 g/mol. The number of rotatable bonds is 1. The van der Waals surface area contributed by atoms with Crippen LogP contribution < -0.4 is 5.32 Å². The molecular weight excluding hydrogens is 266 g/mol. The van der Waals surface area contributed by atoms with Crippen molar-refractivity contribution in [1.82, 2.24) is 15.2 Å². The van der Waals surface area contributed by atoms with Crippen molar-refractivity contribution in [3.8, 4) is 0 Å². The SMILES string of the molecule is Cc1ccncc1C(=O)N1CCC[C@]2(CCNC2=O)CC1. The summed E-state index contributed by atoms with van der Waals surface area (Å²) in [6, 6.07) is 1.86. The molecule has 0 radical (unpaired) electrons. The number of aryl methyl sites for hydroxylation is 1. The maximum Gasteiger partial charge on any atom is 0.255 e. The van der Waals surface area contributed by atoms with Gasteiger partial charge in [-0.05, 0) is 44.2 Å². The van der Waals surface area contributed by atoms with Crippen molar-refractivity contribution in [3.63, 3.8) is 0 Å². The van der Waals surface area contributed by atoms with Gasteiger partial charge in [0.15, 0.2) is 0 Å². The fourth-order valence-corrected chi connectivity index (χ4v) is 3.45. The highest BCUT2D eigenvalue weighted by atomic mass is 16.2. The maximum atomic E-state index is 12.6. The monoisotopic (exact) mass is 287 g/mol. The molecule has 0 aromatic carbocycles. The van der Waals surface area contributed by atoms with E-state index >= 15 is 0 Å². The molecule has 1 N–H and O–H groups in total. The molecule has 1 atom stereocenters. The summed E-state index contributed by atoms with van der Waals surface area (Å²) in [5.74, 6) is 0.213. The summed E-state index contributed by atoms with van der Waals surface area (Å²) in [5.41, 5.74) is 1.39. The summed E-state index contributed by atoms with van der Waals surface area (Å²) in [7, 11) is 0. The van der Waals surface area contributed by atoms with Gasteiger partial charge in [0.25, 0.3) is 5.91 Å². The number of carbonyl (C=O) groups is 2. The lowest BCUT2D eigenvalue weighted by Crippen LogP contribution is -2.35. The molecule has 1 aromatic heterocycles. The van der Waals surface area contributed by atoms with E-state index in [1.54, 1.807) is 12.4 Å². The van der Waals surface area contributed by atoms with Gasteiger partial charge < -0.3 is 10.2 Å². The molecule has 2 saturated heterocycles. The standard InChI is InChI=1S/C16H21N3O2/c1-12-3-7-17-11-13(12)14(20)19-9-2-4-16(6-10-19)5-8-18-15(16)21/h3,7,11H,2,4-6,8-10H2,1H3,(H,18,21)/t16-/m0/s1. The van der Waals surface area contributed by atoms with E-state index in [4.69, 9.17) is 0 Å². The summed E-state index contributed by atoms with van der Waals surface area (Å²) < 4.78 is 0. The van der Waals surface area contributed by atoms with Crippen LogP contribution in [0.4, 0.5) is 0 Å². The van der Waals surface area contributed by atoms with Gasteiger partial charge in [-0.25, -0.2) is 0 Å². The summed E-state index contributed by atoms with van der Waals surface area (Å²) in [4.78, 5) is 30.7. The molecule has 21 heavy (non-hydrogen) atoms. The van der Waals surface area contributed by atoms with Crippen molar-refractivity contribution >= 4 is 11.8 Å². The van der Waals surface area contributed by atoms with Crippen LogP contribution >= 0.6 is 0 Å². The van der Waals surface area contributed by atoms with Crippen LogP contribution in [0.1, 0.15) is 41.6 Å². The highest BCUT2D eigenvalue weighted by Gasteiger charge is 2.43. The summed E-state index contributed by atoms with van der Waals surface area (Å²) in [6.45, 7) is 4.08. The lowest BCUT2D eigenvalue weighted by Gasteiger charge is -2.24. The van der Waals surface area contributed by atoms with Crippen LogP contribution in [0.3, 0.4) is 0 Å². The Balaban J connectivity index is 1.75. The second-order valence-corrected chi connectivity index (χ2v) is 6.12. The fourth-order valence-electron chi connectivity index (χ4n) is 3.45. The van der Waals surface area contributed by atoms with Crippen molar-refractivity contribution in [1.29, 1.82) is 0 Å². The fraction of sp³-hybridized carbons (Fsp3) is 0.562. The van der Waals surface area contributed by atoms with Gasteiger partial charge in [-0.2, -0.15) is 0 Å². The molecule has 2 fully saturated rings. The zero-order chi connectivity index (χ0) is 14.9. The Morgan fingerprint density at radius 1 is 1.33 bits per heavy atom. The van der Waals surface area contributed by atoms with E-state index in [0.29, 0.717) is 12.1 Å². The van der Waals surface area contributed by atoms with Gasteiger partial charge in [0, 0.05) is 32.0 Å². The van der Waals surface area contributed by atoms with Crippen LogP contribution in [0, 0.1) is 12.3 Å². The number of likely N-dealkylation sites (tertiary alicyclic amines) is 1. The van der Waals surface area contributed by atoms with Crippen LogP contribution in [0.5, 0.6) is 0 Å². The van der Waals surface area contributed by atoms with Gasteiger partial charge in [-0.3, -0.25) is 14.6 Å². The van der Waals surface area contributed by atoms with Gasteiger partial charge >= 0.3 is 0 Å². The maximum absolute atomic E-state index is 12.6.